The summed E-state index contributed by atoms with van der Waals surface area (Å²) in [6.07, 6.45) is 0.432. The van der Waals surface area contributed by atoms with Crippen LogP contribution >= 0.6 is 0 Å². The molecule has 1 aliphatic rings. The molecule has 1 amide bonds. The van der Waals surface area contributed by atoms with Crippen molar-refractivity contribution in [1.29, 1.82) is 0 Å². The number of anilines is 1. The molecule has 154 valence electrons. The van der Waals surface area contributed by atoms with Gasteiger partial charge in [0.2, 0.25) is 5.91 Å². The number of hydrogen-bond donors (Lipinski definition) is 2. The summed E-state index contributed by atoms with van der Waals surface area (Å²) in [6, 6.07) is 5.16. The van der Waals surface area contributed by atoms with Crippen molar-refractivity contribution in [2.45, 2.75) is 45.4 Å². The highest BCUT2D eigenvalue weighted by Gasteiger charge is 2.62. The number of ether oxygens (including phenoxy) is 1. The molecule has 0 spiro atoms. The molecular weight excluding hydrogens is 360 g/mol. The van der Waals surface area contributed by atoms with Crippen LogP contribution in [0.2, 0.25) is 0 Å². The predicted octanol–water partition coefficient (Wildman–Crippen LogP) is 1.63. The highest BCUT2D eigenvalue weighted by Crippen LogP contribution is 2.50. The van der Waals surface area contributed by atoms with Gasteiger partial charge in [0.25, 0.3) is 0 Å². The highest BCUT2D eigenvalue weighted by atomic mass is 16.5. The van der Waals surface area contributed by atoms with E-state index in [0.717, 1.165) is 0 Å². The first kappa shape index (κ1) is 20.6. The first-order chi connectivity index (χ1) is 13.1. The van der Waals surface area contributed by atoms with Crippen LogP contribution in [-0.2, 0) is 16.1 Å². The number of nitrogens with two attached hydrogens (primary N) is 1. The minimum Gasteiger partial charge on any atom is -0.408 e. The molecule has 2 atom stereocenters. The number of likely N-dealkylation sites (N-methyl/N-ethyl adjacent to an activating group) is 1. The van der Waals surface area contributed by atoms with E-state index < -0.39 is 16.7 Å². The summed E-state index contributed by atoms with van der Waals surface area (Å²) in [7, 11) is 3.88. The van der Waals surface area contributed by atoms with Gasteiger partial charge in [0.1, 0.15) is 5.54 Å². The van der Waals surface area contributed by atoms with E-state index in [9.17, 15) is 9.59 Å². The zero-order valence-corrected chi connectivity index (χ0v) is 17.2. The average Bonchev–Trinajstić information content (AvgIpc) is 2.94. The van der Waals surface area contributed by atoms with E-state index in [2.05, 4.69) is 5.32 Å². The van der Waals surface area contributed by atoms with Crippen LogP contribution in [0.25, 0.3) is 11.1 Å². The second-order valence-electron chi connectivity index (χ2n) is 8.30. The fraction of sp³-hybridized carbons (Fsp3) is 0.600. The van der Waals surface area contributed by atoms with Crippen molar-refractivity contribution in [2.75, 3.05) is 32.6 Å². The van der Waals surface area contributed by atoms with Crippen LogP contribution < -0.4 is 16.8 Å². The molecular formula is C20H30N4O4. The largest absolute Gasteiger partial charge is 0.419 e. The van der Waals surface area contributed by atoms with Gasteiger partial charge in [-0.1, -0.05) is 13.8 Å². The molecule has 0 bridgehead atoms. The molecule has 3 N–H and O–H groups in total. The predicted molar refractivity (Wildman–Crippen MR) is 108 cm³/mol. The van der Waals surface area contributed by atoms with Crippen molar-refractivity contribution in [3.8, 4) is 0 Å². The molecule has 1 aromatic heterocycles. The Labute approximate surface area is 164 Å². The van der Waals surface area contributed by atoms with Gasteiger partial charge in [-0.3, -0.25) is 9.36 Å². The first-order valence-corrected chi connectivity index (χ1v) is 9.60. The minimum atomic E-state index is -1.01. The minimum absolute atomic E-state index is 0.0409. The lowest BCUT2D eigenvalue weighted by atomic mass is 9.54. The molecule has 0 saturated heterocycles. The van der Waals surface area contributed by atoms with Gasteiger partial charge in [0.05, 0.1) is 11.6 Å². The molecule has 1 aliphatic carbocycles. The van der Waals surface area contributed by atoms with Gasteiger partial charge < -0.3 is 25.1 Å². The highest BCUT2D eigenvalue weighted by molar-refractivity contribution is 6.00. The number of aromatic nitrogens is 1. The quantitative estimate of drug-likeness (QED) is 0.745. The van der Waals surface area contributed by atoms with Crippen LogP contribution in [0.1, 0.15) is 27.2 Å². The second-order valence-corrected chi connectivity index (χ2v) is 8.30. The van der Waals surface area contributed by atoms with E-state index in [1.54, 1.807) is 22.8 Å². The fourth-order valence-corrected chi connectivity index (χ4v) is 3.71. The Bertz CT molecular complexity index is 930. The molecule has 1 fully saturated rings. The molecule has 28 heavy (non-hydrogen) atoms. The number of nitrogens with one attached hydrogen (secondary N) is 1. The number of oxazole rings is 1. The van der Waals surface area contributed by atoms with Crippen LogP contribution in [0.4, 0.5) is 5.69 Å². The molecule has 1 saturated carbocycles. The van der Waals surface area contributed by atoms with Gasteiger partial charge in [-0.2, -0.15) is 0 Å². The van der Waals surface area contributed by atoms with Crippen molar-refractivity contribution in [3.05, 3.63) is 28.7 Å². The summed E-state index contributed by atoms with van der Waals surface area (Å²) in [5.41, 5.74) is 6.69. The third-order valence-electron chi connectivity index (χ3n) is 5.93. The summed E-state index contributed by atoms with van der Waals surface area (Å²) in [5.74, 6) is -0.659. The Morgan fingerprint density at radius 1 is 1.43 bits per heavy atom. The first-order valence-electron chi connectivity index (χ1n) is 9.60. The molecule has 2 aromatic rings. The number of nitrogens with zero attached hydrogens (tertiary/aromatic N) is 2. The molecule has 8 heteroatoms. The van der Waals surface area contributed by atoms with E-state index in [1.807, 2.05) is 39.8 Å². The molecule has 0 radical (unpaired) electrons. The number of carbonyl (C=O) groups is 1. The third kappa shape index (κ3) is 3.36. The smallest absolute Gasteiger partial charge is 0.408 e. The number of benzene rings is 1. The SMILES string of the molecule is CCOC1CC(N)(C(=O)Nc2ccc3oc(=O)n(CCN(C)C)c3c2)C1(C)C. The Hall–Kier alpha value is -2.16. The monoisotopic (exact) mass is 390 g/mol. The summed E-state index contributed by atoms with van der Waals surface area (Å²) in [4.78, 5) is 27.1. The Morgan fingerprint density at radius 2 is 2.14 bits per heavy atom. The zero-order chi connectivity index (χ0) is 20.7. The molecule has 8 nitrogen and oxygen atoms in total. The van der Waals surface area contributed by atoms with Gasteiger partial charge >= 0.3 is 5.76 Å². The maximum absolute atomic E-state index is 12.9. The molecule has 1 aromatic carbocycles. The lowest BCUT2D eigenvalue weighted by Crippen LogP contribution is -2.74. The molecule has 3 rings (SSSR count). The Kier molecular flexibility index (Phi) is 5.40. The van der Waals surface area contributed by atoms with Crippen LogP contribution in [-0.4, -0.2) is 54.3 Å². The van der Waals surface area contributed by atoms with Crippen molar-refractivity contribution in [3.63, 3.8) is 0 Å². The number of amides is 1. The number of rotatable bonds is 7. The van der Waals surface area contributed by atoms with E-state index in [0.29, 0.717) is 42.9 Å². The van der Waals surface area contributed by atoms with Crippen LogP contribution in [0, 0.1) is 5.41 Å². The number of hydrogen-bond acceptors (Lipinski definition) is 6. The summed E-state index contributed by atoms with van der Waals surface area (Å²) < 4.78 is 12.6. The van der Waals surface area contributed by atoms with E-state index >= 15 is 0 Å². The van der Waals surface area contributed by atoms with Gasteiger partial charge in [0.15, 0.2) is 5.58 Å². The standard InChI is InChI=1S/C20H30N4O4/c1-6-27-16-12-20(21,19(16,2)3)17(25)22-13-7-8-15-14(11-13)24(18(26)28-15)10-9-23(4)5/h7-8,11,16H,6,9-10,12,21H2,1-5H3,(H,22,25). The lowest BCUT2D eigenvalue weighted by molar-refractivity contribution is -0.166. The average molecular weight is 390 g/mol. The van der Waals surface area contributed by atoms with Gasteiger partial charge in [-0.25, -0.2) is 4.79 Å². The van der Waals surface area contributed by atoms with Crippen molar-refractivity contribution in [1.82, 2.24) is 9.47 Å². The van der Waals surface area contributed by atoms with E-state index in [-0.39, 0.29) is 12.0 Å². The summed E-state index contributed by atoms with van der Waals surface area (Å²) in [6.45, 7) is 7.63. The Morgan fingerprint density at radius 3 is 2.75 bits per heavy atom. The molecule has 1 heterocycles. The van der Waals surface area contributed by atoms with Crippen molar-refractivity contribution in [2.24, 2.45) is 11.1 Å². The van der Waals surface area contributed by atoms with Crippen LogP contribution in [0.15, 0.2) is 27.4 Å². The molecule has 0 aliphatic heterocycles. The van der Waals surface area contributed by atoms with Crippen LogP contribution in [0.3, 0.4) is 0 Å². The lowest BCUT2D eigenvalue weighted by Gasteiger charge is -2.57. The van der Waals surface area contributed by atoms with Gasteiger partial charge in [-0.15, -0.1) is 0 Å². The van der Waals surface area contributed by atoms with Crippen molar-refractivity contribution >= 4 is 22.7 Å². The van der Waals surface area contributed by atoms with Gasteiger partial charge in [0, 0.05) is 37.2 Å². The van der Waals surface area contributed by atoms with E-state index in [1.165, 1.54) is 0 Å². The number of fused-ring (bicyclic) bond motifs is 1. The zero-order valence-electron chi connectivity index (χ0n) is 17.2. The summed E-state index contributed by atoms with van der Waals surface area (Å²) in [5, 5.41) is 2.91. The van der Waals surface area contributed by atoms with E-state index in [4.69, 9.17) is 14.9 Å². The topological polar surface area (TPSA) is 103 Å². The summed E-state index contributed by atoms with van der Waals surface area (Å²) >= 11 is 0. The normalized spacial score (nSPS) is 23.8. The maximum Gasteiger partial charge on any atom is 0.419 e. The Balaban J connectivity index is 1.82. The number of carbonyl (C=O) groups excluding carboxylic acids is 1. The maximum atomic E-state index is 12.9. The fourth-order valence-electron chi connectivity index (χ4n) is 3.71. The third-order valence-corrected chi connectivity index (χ3v) is 5.93. The van der Waals surface area contributed by atoms with Gasteiger partial charge in [-0.05, 0) is 39.2 Å². The van der Waals surface area contributed by atoms with Crippen molar-refractivity contribution < 1.29 is 13.9 Å². The molecule has 2 unspecified atom stereocenters. The second kappa shape index (κ2) is 7.35. The van der Waals surface area contributed by atoms with Crippen LogP contribution in [0.5, 0.6) is 0 Å².